The molecule has 2 N–H and O–H groups in total. The van der Waals surface area contributed by atoms with E-state index in [-0.39, 0.29) is 17.0 Å². The van der Waals surface area contributed by atoms with Crippen LogP contribution in [0.5, 0.6) is 5.75 Å². The molecule has 0 bridgehead atoms. The third-order valence-corrected chi connectivity index (χ3v) is 2.77. The molecule has 0 aliphatic heterocycles. The second-order valence-corrected chi connectivity index (χ2v) is 4.17. The molecular weight excluding hydrogens is 246 g/mol. The fourth-order valence-corrected chi connectivity index (χ4v) is 1.72. The zero-order valence-corrected chi connectivity index (χ0v) is 10.6. The lowest BCUT2D eigenvalue weighted by Gasteiger charge is -2.06. The van der Waals surface area contributed by atoms with Crippen LogP contribution in [0.4, 0.5) is 0 Å². The number of nitrogens with one attached hydrogen (secondary N) is 1. The second-order valence-electron chi connectivity index (χ2n) is 4.17. The maximum Gasteiger partial charge on any atom is 0.270 e. The van der Waals surface area contributed by atoms with Crippen molar-refractivity contribution in [2.45, 2.75) is 19.8 Å². The average molecular weight is 261 g/mol. The van der Waals surface area contributed by atoms with Gasteiger partial charge in [0.05, 0.1) is 0 Å². The minimum Gasteiger partial charge on any atom is -0.504 e. The molecule has 0 saturated heterocycles. The van der Waals surface area contributed by atoms with Crippen LogP contribution in [-0.4, -0.2) is 26.9 Å². The van der Waals surface area contributed by atoms with E-state index < -0.39 is 11.5 Å². The van der Waals surface area contributed by atoms with Gasteiger partial charge in [-0.2, -0.15) is 0 Å². The van der Waals surface area contributed by atoms with Crippen LogP contribution in [-0.2, 0) is 0 Å². The Morgan fingerprint density at radius 3 is 3.05 bits per heavy atom. The van der Waals surface area contributed by atoms with Crippen LogP contribution in [0.1, 0.15) is 30.1 Å². The van der Waals surface area contributed by atoms with Crippen molar-refractivity contribution in [2.24, 2.45) is 0 Å². The van der Waals surface area contributed by atoms with Crippen molar-refractivity contribution in [3.8, 4) is 5.75 Å². The maximum atomic E-state index is 12.1. The van der Waals surface area contributed by atoms with Gasteiger partial charge in [0.2, 0.25) is 0 Å². The first-order valence-corrected chi connectivity index (χ1v) is 6.12. The topological polar surface area (TPSA) is 83.7 Å². The van der Waals surface area contributed by atoms with Crippen LogP contribution >= 0.6 is 0 Å². The molecule has 2 aromatic rings. The molecule has 19 heavy (non-hydrogen) atoms. The Hall–Kier alpha value is -2.37. The van der Waals surface area contributed by atoms with Gasteiger partial charge in [-0.3, -0.25) is 14.0 Å². The van der Waals surface area contributed by atoms with Gasteiger partial charge in [0.25, 0.3) is 11.5 Å². The number of aromatic nitrogens is 2. The zero-order chi connectivity index (χ0) is 13.8. The predicted octanol–water partition coefficient (Wildman–Crippen LogP) is 0.930. The van der Waals surface area contributed by atoms with Crippen molar-refractivity contribution in [1.82, 2.24) is 14.7 Å². The summed E-state index contributed by atoms with van der Waals surface area (Å²) >= 11 is 0. The van der Waals surface area contributed by atoms with Gasteiger partial charge in [-0.15, -0.1) is 0 Å². The summed E-state index contributed by atoms with van der Waals surface area (Å²) in [6.07, 6.45) is 4.48. The molecule has 0 atom stereocenters. The number of aromatic hydroxyl groups is 1. The van der Waals surface area contributed by atoms with E-state index in [1.807, 2.05) is 6.92 Å². The molecule has 100 valence electrons. The third-order valence-electron chi connectivity index (χ3n) is 2.77. The summed E-state index contributed by atoms with van der Waals surface area (Å²) < 4.78 is 1.16. The van der Waals surface area contributed by atoms with Crippen molar-refractivity contribution in [2.75, 3.05) is 6.54 Å². The third kappa shape index (κ3) is 2.57. The van der Waals surface area contributed by atoms with Crippen LogP contribution in [0.3, 0.4) is 0 Å². The van der Waals surface area contributed by atoms with Gasteiger partial charge in [0.1, 0.15) is 5.56 Å². The SMILES string of the molecule is CCCCNC(=O)c1cnc2c(O)cccn2c1=O. The van der Waals surface area contributed by atoms with E-state index in [1.54, 1.807) is 0 Å². The van der Waals surface area contributed by atoms with Crippen LogP contribution in [0.25, 0.3) is 5.65 Å². The smallest absolute Gasteiger partial charge is 0.270 e. The number of rotatable bonds is 4. The largest absolute Gasteiger partial charge is 0.504 e. The number of hydrogen-bond donors (Lipinski definition) is 2. The molecule has 6 heteroatoms. The Labute approximate surface area is 109 Å². The minimum absolute atomic E-state index is 0.0285. The molecule has 0 unspecified atom stereocenters. The Morgan fingerprint density at radius 2 is 2.32 bits per heavy atom. The molecule has 2 aromatic heterocycles. The summed E-state index contributed by atoms with van der Waals surface area (Å²) in [6.45, 7) is 2.54. The van der Waals surface area contributed by atoms with Gasteiger partial charge in [-0.25, -0.2) is 4.98 Å². The van der Waals surface area contributed by atoms with E-state index >= 15 is 0 Å². The number of pyridine rings is 1. The molecule has 0 aliphatic rings. The van der Waals surface area contributed by atoms with E-state index in [1.165, 1.54) is 24.5 Å². The summed E-state index contributed by atoms with van der Waals surface area (Å²) in [6, 6.07) is 2.95. The van der Waals surface area contributed by atoms with Crippen molar-refractivity contribution in [3.63, 3.8) is 0 Å². The first kappa shape index (κ1) is 13.1. The minimum atomic E-state index is -0.491. The number of hydrogen-bond acceptors (Lipinski definition) is 4. The summed E-state index contributed by atoms with van der Waals surface area (Å²) in [4.78, 5) is 27.9. The molecule has 1 amide bonds. The first-order valence-electron chi connectivity index (χ1n) is 6.12. The fraction of sp³-hybridized carbons (Fsp3) is 0.308. The molecule has 0 aromatic carbocycles. The number of unbranched alkanes of at least 4 members (excludes halogenated alkanes) is 1. The van der Waals surface area contributed by atoms with Crippen LogP contribution in [0.15, 0.2) is 29.3 Å². The molecule has 0 aliphatic carbocycles. The van der Waals surface area contributed by atoms with E-state index in [0.717, 1.165) is 17.2 Å². The number of carbonyl (C=O) groups excluding carboxylic acids is 1. The predicted molar refractivity (Wildman–Crippen MR) is 70.4 cm³/mol. The van der Waals surface area contributed by atoms with Gasteiger partial charge in [-0.05, 0) is 18.6 Å². The van der Waals surface area contributed by atoms with Crippen molar-refractivity contribution in [3.05, 3.63) is 40.4 Å². The van der Waals surface area contributed by atoms with Gasteiger partial charge >= 0.3 is 0 Å². The Balaban J connectivity index is 2.38. The maximum absolute atomic E-state index is 12.1. The molecule has 0 radical (unpaired) electrons. The molecule has 6 nitrogen and oxygen atoms in total. The van der Waals surface area contributed by atoms with E-state index in [9.17, 15) is 14.7 Å². The Kier molecular flexibility index (Phi) is 3.79. The Morgan fingerprint density at radius 1 is 1.53 bits per heavy atom. The van der Waals surface area contributed by atoms with E-state index in [0.29, 0.717) is 6.54 Å². The quantitative estimate of drug-likeness (QED) is 0.802. The van der Waals surface area contributed by atoms with Crippen LogP contribution in [0, 0.1) is 0 Å². The highest BCUT2D eigenvalue weighted by molar-refractivity contribution is 5.93. The van der Waals surface area contributed by atoms with Crippen molar-refractivity contribution < 1.29 is 9.90 Å². The van der Waals surface area contributed by atoms with E-state index in [2.05, 4.69) is 10.3 Å². The highest BCUT2D eigenvalue weighted by atomic mass is 16.3. The van der Waals surface area contributed by atoms with Gasteiger partial charge in [0.15, 0.2) is 11.4 Å². The summed E-state index contributed by atoms with van der Waals surface area (Å²) in [5, 5.41) is 12.2. The standard InChI is InChI=1S/C13H15N3O3/c1-2-3-6-14-12(18)9-8-15-11-10(17)5-4-7-16(11)13(9)19/h4-5,7-8,17H,2-3,6H2,1H3,(H,14,18). The number of fused-ring (bicyclic) bond motifs is 1. The zero-order valence-electron chi connectivity index (χ0n) is 10.6. The number of carbonyl (C=O) groups is 1. The van der Waals surface area contributed by atoms with Crippen molar-refractivity contribution >= 4 is 11.6 Å². The Bertz CT molecular complexity index is 664. The molecule has 0 saturated carbocycles. The summed E-state index contributed by atoms with van der Waals surface area (Å²) in [5.74, 6) is -0.541. The average Bonchev–Trinajstić information content (AvgIpc) is 2.40. The fourth-order valence-electron chi connectivity index (χ4n) is 1.72. The second kappa shape index (κ2) is 5.51. The van der Waals surface area contributed by atoms with Crippen molar-refractivity contribution in [1.29, 1.82) is 0 Å². The van der Waals surface area contributed by atoms with Gasteiger partial charge in [0, 0.05) is 18.9 Å². The highest BCUT2D eigenvalue weighted by Crippen LogP contribution is 2.12. The lowest BCUT2D eigenvalue weighted by molar-refractivity contribution is 0.0951. The molecule has 0 fully saturated rings. The lowest BCUT2D eigenvalue weighted by Crippen LogP contribution is -2.32. The first-order chi connectivity index (χ1) is 9.15. The van der Waals surface area contributed by atoms with Gasteiger partial charge in [-0.1, -0.05) is 13.3 Å². The van der Waals surface area contributed by atoms with Crippen LogP contribution in [0.2, 0.25) is 0 Å². The molecular formula is C13H15N3O3. The van der Waals surface area contributed by atoms with E-state index in [4.69, 9.17) is 0 Å². The van der Waals surface area contributed by atoms with Gasteiger partial charge < -0.3 is 10.4 Å². The summed E-state index contributed by atoms with van der Waals surface area (Å²) in [5.41, 5.74) is -0.383. The number of nitrogens with zero attached hydrogens (tertiary/aromatic N) is 2. The summed E-state index contributed by atoms with van der Waals surface area (Å²) in [7, 11) is 0. The number of amides is 1. The monoisotopic (exact) mass is 261 g/mol. The van der Waals surface area contributed by atoms with Crippen LogP contribution < -0.4 is 10.9 Å². The molecule has 0 spiro atoms. The molecule has 2 rings (SSSR count). The lowest BCUT2D eigenvalue weighted by atomic mass is 10.3. The normalized spacial score (nSPS) is 10.6. The molecule has 2 heterocycles. The highest BCUT2D eigenvalue weighted by Gasteiger charge is 2.13.